The Balaban J connectivity index is 0.000000878. The Kier molecular flexibility index (Phi) is 7.03. The molecule has 0 saturated heterocycles. The van der Waals surface area contributed by atoms with E-state index in [-0.39, 0.29) is 11.6 Å². The average Bonchev–Trinajstić information content (AvgIpc) is 2.61. The Morgan fingerprint density at radius 3 is 2.14 bits per heavy atom. The highest BCUT2D eigenvalue weighted by atomic mass is 19.4. The fourth-order valence-electron chi connectivity index (χ4n) is 2.32. The van der Waals surface area contributed by atoms with Crippen molar-refractivity contribution in [2.45, 2.75) is 13.1 Å². The molecule has 1 heterocycles. The SMILES string of the molecule is Cc1cc(Oc2cccc(F)c2)nc(-c2ccc(C(F)(F)F)cc2)c1.FCF. The van der Waals surface area contributed by atoms with Crippen LogP contribution in [0, 0.1) is 12.7 Å². The van der Waals surface area contributed by atoms with Gasteiger partial charge in [-0.25, -0.2) is 18.2 Å². The third-order valence-electron chi connectivity index (χ3n) is 3.47. The van der Waals surface area contributed by atoms with Crippen LogP contribution in [0.2, 0.25) is 0 Å². The lowest BCUT2D eigenvalue weighted by atomic mass is 10.1. The van der Waals surface area contributed by atoms with Crippen molar-refractivity contribution < 1.29 is 31.1 Å². The fourth-order valence-corrected chi connectivity index (χ4v) is 2.32. The minimum Gasteiger partial charge on any atom is -0.439 e. The molecule has 148 valence electrons. The van der Waals surface area contributed by atoms with Crippen LogP contribution >= 0.6 is 0 Å². The summed E-state index contributed by atoms with van der Waals surface area (Å²) < 4.78 is 76.0. The maximum Gasteiger partial charge on any atom is 0.416 e. The van der Waals surface area contributed by atoms with Gasteiger partial charge in [-0.05, 0) is 42.8 Å². The minimum atomic E-state index is -4.38. The monoisotopic (exact) mass is 399 g/mol. The van der Waals surface area contributed by atoms with Gasteiger partial charge in [-0.2, -0.15) is 13.2 Å². The molecule has 0 saturated carbocycles. The summed E-state index contributed by atoms with van der Waals surface area (Å²) in [4.78, 5) is 4.29. The maximum atomic E-state index is 13.2. The molecule has 0 N–H and O–H groups in total. The molecule has 3 rings (SSSR count). The van der Waals surface area contributed by atoms with Gasteiger partial charge in [-0.1, -0.05) is 18.2 Å². The van der Waals surface area contributed by atoms with Gasteiger partial charge >= 0.3 is 6.18 Å². The first-order valence-corrected chi connectivity index (χ1v) is 7.94. The molecular formula is C20H15F6NO. The van der Waals surface area contributed by atoms with Crippen molar-refractivity contribution in [1.82, 2.24) is 4.98 Å². The number of hydrogen-bond donors (Lipinski definition) is 0. The normalized spacial score (nSPS) is 10.8. The van der Waals surface area contributed by atoms with E-state index < -0.39 is 24.5 Å². The first kappa shape index (κ1) is 21.3. The van der Waals surface area contributed by atoms with Crippen LogP contribution in [0.1, 0.15) is 11.1 Å². The number of hydrogen-bond acceptors (Lipinski definition) is 2. The summed E-state index contributed by atoms with van der Waals surface area (Å²) in [7, 11) is 0. The summed E-state index contributed by atoms with van der Waals surface area (Å²) in [6.45, 7) is 0.0632. The van der Waals surface area contributed by atoms with E-state index in [1.54, 1.807) is 18.2 Å². The van der Waals surface area contributed by atoms with E-state index >= 15 is 0 Å². The van der Waals surface area contributed by atoms with Gasteiger partial charge < -0.3 is 4.74 Å². The van der Waals surface area contributed by atoms with Crippen LogP contribution in [0.3, 0.4) is 0 Å². The summed E-state index contributed by atoms with van der Waals surface area (Å²) in [5, 5.41) is 0. The number of aromatic nitrogens is 1. The van der Waals surface area contributed by atoms with Crippen molar-refractivity contribution in [2.24, 2.45) is 0 Å². The molecule has 0 aliphatic rings. The van der Waals surface area contributed by atoms with E-state index in [1.165, 1.54) is 30.3 Å². The Morgan fingerprint density at radius 1 is 0.929 bits per heavy atom. The largest absolute Gasteiger partial charge is 0.439 e. The zero-order valence-corrected chi connectivity index (χ0v) is 14.6. The second kappa shape index (κ2) is 9.25. The first-order chi connectivity index (χ1) is 13.2. The summed E-state index contributed by atoms with van der Waals surface area (Å²) in [6, 6.07) is 13.7. The smallest absolute Gasteiger partial charge is 0.416 e. The quantitative estimate of drug-likeness (QED) is 0.448. The molecule has 2 nitrogen and oxygen atoms in total. The van der Waals surface area contributed by atoms with Crippen molar-refractivity contribution in [2.75, 3.05) is 6.93 Å². The number of benzene rings is 2. The number of aryl methyl sites for hydroxylation is 1. The van der Waals surface area contributed by atoms with Crippen molar-refractivity contribution in [3.8, 4) is 22.9 Å². The molecule has 0 radical (unpaired) electrons. The molecule has 8 heteroatoms. The summed E-state index contributed by atoms with van der Waals surface area (Å²) >= 11 is 0. The molecule has 0 bridgehead atoms. The molecule has 2 aromatic carbocycles. The van der Waals surface area contributed by atoms with Crippen molar-refractivity contribution in [3.63, 3.8) is 0 Å². The van der Waals surface area contributed by atoms with Gasteiger partial charge in [0.15, 0.2) is 0 Å². The van der Waals surface area contributed by atoms with Crippen LogP contribution in [-0.2, 0) is 6.18 Å². The highest BCUT2D eigenvalue weighted by molar-refractivity contribution is 5.61. The molecule has 1 aromatic heterocycles. The predicted octanol–water partition coefficient (Wildman–Crippen LogP) is 6.89. The second-order valence-electron chi connectivity index (χ2n) is 5.60. The summed E-state index contributed by atoms with van der Waals surface area (Å²) in [5.41, 5.74) is 1.09. The van der Waals surface area contributed by atoms with Gasteiger partial charge in [0.05, 0.1) is 11.3 Å². The molecule has 0 amide bonds. The zero-order chi connectivity index (χ0) is 20.7. The van der Waals surface area contributed by atoms with Gasteiger partial charge in [-0.15, -0.1) is 0 Å². The van der Waals surface area contributed by atoms with Crippen LogP contribution in [-0.4, -0.2) is 11.9 Å². The van der Waals surface area contributed by atoms with E-state index in [0.29, 0.717) is 11.3 Å². The van der Waals surface area contributed by atoms with Gasteiger partial charge in [-0.3, -0.25) is 0 Å². The van der Waals surface area contributed by atoms with Crippen molar-refractivity contribution in [3.05, 3.63) is 77.6 Å². The Bertz CT molecular complexity index is 909. The van der Waals surface area contributed by atoms with Crippen LogP contribution in [0.25, 0.3) is 11.3 Å². The highest BCUT2D eigenvalue weighted by Gasteiger charge is 2.30. The molecule has 0 aliphatic carbocycles. The molecule has 28 heavy (non-hydrogen) atoms. The fraction of sp³-hybridized carbons (Fsp3) is 0.150. The summed E-state index contributed by atoms with van der Waals surface area (Å²) in [6.07, 6.45) is -4.38. The van der Waals surface area contributed by atoms with E-state index in [4.69, 9.17) is 4.74 Å². The van der Waals surface area contributed by atoms with E-state index in [1.807, 2.05) is 6.92 Å². The topological polar surface area (TPSA) is 22.1 Å². The van der Waals surface area contributed by atoms with Gasteiger partial charge in [0.2, 0.25) is 12.8 Å². The Morgan fingerprint density at radius 2 is 1.57 bits per heavy atom. The lowest BCUT2D eigenvalue weighted by Crippen LogP contribution is -2.04. The standard InChI is InChI=1S/C19H13F4NO.CH2F2/c1-12-9-17(13-5-7-14(8-6-13)19(21,22)23)24-18(10-12)25-16-4-2-3-15(20)11-16;2-1-3/h2-11H,1H3;1H2. The molecule has 0 aliphatic heterocycles. The third kappa shape index (κ3) is 6.00. The molecular weight excluding hydrogens is 384 g/mol. The van der Waals surface area contributed by atoms with Crippen LogP contribution in [0.4, 0.5) is 26.3 Å². The van der Waals surface area contributed by atoms with Crippen LogP contribution in [0.5, 0.6) is 11.6 Å². The van der Waals surface area contributed by atoms with Gasteiger partial charge in [0.25, 0.3) is 0 Å². The second-order valence-corrected chi connectivity index (χ2v) is 5.60. The molecule has 0 unspecified atom stereocenters. The lowest BCUT2D eigenvalue weighted by Gasteiger charge is -2.10. The Labute approximate surface area is 157 Å². The van der Waals surface area contributed by atoms with E-state index in [9.17, 15) is 26.3 Å². The number of ether oxygens (including phenoxy) is 1. The summed E-state index contributed by atoms with van der Waals surface area (Å²) in [5.74, 6) is 0.0880. The van der Waals surface area contributed by atoms with Crippen molar-refractivity contribution in [1.29, 1.82) is 0 Å². The van der Waals surface area contributed by atoms with Crippen LogP contribution < -0.4 is 4.74 Å². The maximum absolute atomic E-state index is 13.2. The van der Waals surface area contributed by atoms with E-state index in [0.717, 1.165) is 17.7 Å². The molecule has 0 spiro atoms. The number of halogens is 6. The average molecular weight is 399 g/mol. The molecule has 0 fully saturated rings. The van der Waals surface area contributed by atoms with Gasteiger partial charge in [0.1, 0.15) is 11.6 Å². The number of pyridine rings is 1. The van der Waals surface area contributed by atoms with E-state index in [2.05, 4.69) is 4.98 Å². The van der Waals surface area contributed by atoms with Crippen LogP contribution in [0.15, 0.2) is 60.7 Å². The molecule has 3 aromatic rings. The lowest BCUT2D eigenvalue weighted by molar-refractivity contribution is -0.137. The number of alkyl halides is 5. The number of rotatable bonds is 3. The predicted molar refractivity (Wildman–Crippen MR) is 93.0 cm³/mol. The number of nitrogens with zero attached hydrogens (tertiary/aromatic N) is 1. The van der Waals surface area contributed by atoms with Gasteiger partial charge in [0, 0.05) is 17.7 Å². The first-order valence-electron chi connectivity index (χ1n) is 7.94. The third-order valence-corrected chi connectivity index (χ3v) is 3.47. The minimum absolute atomic E-state index is 0.237. The highest BCUT2D eigenvalue weighted by Crippen LogP contribution is 2.31. The molecule has 0 atom stereocenters. The zero-order valence-electron chi connectivity index (χ0n) is 14.6. The Hall–Kier alpha value is -3.03. The van der Waals surface area contributed by atoms with Crippen molar-refractivity contribution >= 4 is 0 Å².